The van der Waals surface area contributed by atoms with Gasteiger partial charge in [-0.05, 0) is 47.2 Å². The molecule has 0 aromatic heterocycles. The lowest BCUT2D eigenvalue weighted by atomic mass is 10.2. The molecule has 10 heteroatoms. The second-order valence-electron chi connectivity index (χ2n) is 7.86. The Bertz CT molecular complexity index is 1360. The molecule has 7 nitrogen and oxygen atoms in total. The lowest BCUT2D eigenvalue weighted by molar-refractivity contribution is -0.122. The highest BCUT2D eigenvalue weighted by Gasteiger charge is 2.39. The molecule has 3 aromatic rings. The summed E-state index contributed by atoms with van der Waals surface area (Å²) in [6, 6.07) is 25.2. The van der Waals surface area contributed by atoms with E-state index in [0.29, 0.717) is 22.3 Å². The molecule has 1 atom stereocenters. The topological polar surface area (TPSA) is 88.1 Å². The summed E-state index contributed by atoms with van der Waals surface area (Å²) in [7, 11) is 1.97. The Balaban J connectivity index is 1.51. The molecule has 1 unspecified atom stereocenters. The minimum atomic E-state index is -2.34. The number of hydrogen-bond acceptors (Lipinski definition) is 7. The summed E-state index contributed by atoms with van der Waals surface area (Å²) >= 11 is 0.613. The van der Waals surface area contributed by atoms with Crippen LogP contribution in [0.3, 0.4) is 0 Å². The van der Waals surface area contributed by atoms with Crippen molar-refractivity contribution in [1.29, 1.82) is 0 Å². The number of nitrogens with one attached hydrogen (secondary N) is 1. The third kappa shape index (κ3) is 5.21. The highest BCUT2D eigenvalue weighted by Crippen LogP contribution is 2.50. The molecule has 5 rings (SSSR count). The lowest BCUT2D eigenvalue weighted by Crippen LogP contribution is -2.29. The fourth-order valence-corrected chi connectivity index (χ4v) is 6.44. The number of rotatable bonds is 6. The first-order valence-electron chi connectivity index (χ1n) is 10.8. The molecule has 0 radical (unpaired) electrons. The van der Waals surface area contributed by atoms with Gasteiger partial charge in [0.05, 0.1) is 22.9 Å². The Hall–Kier alpha value is -2.89. The monoisotopic (exact) mass is 521 g/mol. The van der Waals surface area contributed by atoms with Gasteiger partial charge < -0.3 is 9.45 Å². The number of carbonyl (C=O) groups is 1. The molecule has 3 aromatic carbocycles. The van der Waals surface area contributed by atoms with E-state index in [1.165, 1.54) is 11.8 Å². The quantitative estimate of drug-likeness (QED) is 0.372. The van der Waals surface area contributed by atoms with E-state index in [1.807, 2.05) is 79.8 Å². The number of para-hydroxylation sites is 1. The van der Waals surface area contributed by atoms with Crippen molar-refractivity contribution in [1.82, 2.24) is 9.62 Å². The Kier molecular flexibility index (Phi) is 7.07. The minimum absolute atomic E-state index is 0.0840. The van der Waals surface area contributed by atoms with Crippen LogP contribution in [0, 0.1) is 0 Å². The van der Waals surface area contributed by atoms with Crippen LogP contribution < -0.4 is 9.62 Å². The number of amides is 1. The second kappa shape index (κ2) is 10.4. The van der Waals surface area contributed by atoms with E-state index in [2.05, 4.69) is 15.7 Å². The molecule has 0 aliphatic carbocycles. The van der Waals surface area contributed by atoms with Gasteiger partial charge in [-0.15, -0.1) is 0 Å². The summed E-state index contributed by atoms with van der Waals surface area (Å²) in [5.74, 6) is -0.0840. The van der Waals surface area contributed by atoms with Gasteiger partial charge >= 0.3 is 0 Å². The maximum absolute atomic E-state index is 13.7. The van der Waals surface area contributed by atoms with Crippen LogP contribution in [0.1, 0.15) is 11.1 Å². The van der Waals surface area contributed by atoms with Crippen LogP contribution >= 0.6 is 23.5 Å². The Morgan fingerprint density at radius 2 is 1.71 bits per heavy atom. The van der Waals surface area contributed by atoms with Crippen molar-refractivity contribution >= 4 is 57.2 Å². The zero-order valence-electron chi connectivity index (χ0n) is 18.7. The molecule has 35 heavy (non-hydrogen) atoms. The normalized spacial score (nSPS) is 19.5. The molecule has 2 heterocycles. The molecule has 2 aliphatic heterocycles. The van der Waals surface area contributed by atoms with Crippen molar-refractivity contribution in [3.8, 4) is 0 Å². The van der Waals surface area contributed by atoms with Crippen molar-refractivity contribution in [2.45, 2.75) is 18.0 Å². The van der Waals surface area contributed by atoms with Crippen molar-refractivity contribution in [2.75, 3.05) is 11.9 Å². The van der Waals surface area contributed by atoms with Crippen molar-refractivity contribution in [3.63, 3.8) is 0 Å². The van der Waals surface area contributed by atoms with Gasteiger partial charge in [-0.1, -0.05) is 66.4 Å². The largest absolute Gasteiger partial charge is 0.760 e. The zero-order valence-corrected chi connectivity index (χ0v) is 21.2. The van der Waals surface area contributed by atoms with E-state index in [-0.39, 0.29) is 12.5 Å². The fraction of sp³-hybridized carbons (Fsp3) is 0.120. The number of thioether (sulfide) groups is 2. The first kappa shape index (κ1) is 23.8. The van der Waals surface area contributed by atoms with Gasteiger partial charge in [0.15, 0.2) is 5.17 Å². The van der Waals surface area contributed by atoms with Crippen LogP contribution in [0.25, 0.3) is 0 Å². The summed E-state index contributed by atoms with van der Waals surface area (Å²) < 4.78 is 24.1. The summed E-state index contributed by atoms with van der Waals surface area (Å²) in [5.41, 5.74) is 3.51. The van der Waals surface area contributed by atoms with Gasteiger partial charge in [-0.25, -0.2) is 9.71 Å². The van der Waals surface area contributed by atoms with E-state index in [1.54, 1.807) is 16.7 Å². The van der Waals surface area contributed by atoms with Gasteiger partial charge in [0.1, 0.15) is 4.91 Å². The Morgan fingerprint density at radius 3 is 2.49 bits per heavy atom. The van der Waals surface area contributed by atoms with Gasteiger partial charge in [0.25, 0.3) is 5.91 Å². The fourth-order valence-electron chi connectivity index (χ4n) is 3.81. The second-order valence-corrected chi connectivity index (χ2v) is 10.6. The number of benzene rings is 3. The summed E-state index contributed by atoms with van der Waals surface area (Å²) in [6.07, 6.45) is 0. The minimum Gasteiger partial charge on any atom is -0.760 e. The van der Waals surface area contributed by atoms with Crippen LogP contribution in [0.2, 0.25) is 0 Å². The highest BCUT2D eigenvalue weighted by atomic mass is 32.2. The van der Waals surface area contributed by atoms with Crippen LogP contribution in [-0.4, -0.2) is 31.8 Å². The average molecular weight is 522 g/mol. The number of nitrogens with zero attached hydrogens (tertiary/aromatic N) is 3. The molecule has 0 bridgehead atoms. The molecular weight excluding hydrogens is 501 g/mol. The summed E-state index contributed by atoms with van der Waals surface area (Å²) in [5, 5.41) is 1.48. The average Bonchev–Trinajstić information content (AvgIpc) is 3.35. The SMILES string of the molecule is CN1C(=C2SC(=Nc3cccc(CNS(=O)[O-])c3)N(Cc3ccccc3)C2=O)Sc2ccccc21. The van der Waals surface area contributed by atoms with Crippen molar-refractivity contribution in [3.05, 3.63) is 99.9 Å². The molecular formula is C25H21N4O3S3-. The zero-order chi connectivity index (χ0) is 24.4. The van der Waals surface area contributed by atoms with E-state index in [9.17, 15) is 13.6 Å². The standard InChI is InChI=1S/C25H22N4O3S3/c1-28-20-12-5-6-13-21(20)33-24(28)22-23(30)29(16-17-8-3-2-4-9-17)25(34-22)27-19-11-7-10-18(14-19)15-26-35(31)32/h2-14,26H,15-16H2,1H3,(H,31,32)/p-1. The molecule has 1 saturated heterocycles. The van der Waals surface area contributed by atoms with Crippen molar-refractivity contribution < 1.29 is 13.6 Å². The number of aliphatic imine (C=N–C) groups is 1. The van der Waals surface area contributed by atoms with Crippen LogP contribution in [-0.2, 0) is 29.2 Å². The smallest absolute Gasteiger partial charge is 0.269 e. The van der Waals surface area contributed by atoms with Gasteiger partial charge in [-0.3, -0.25) is 13.9 Å². The van der Waals surface area contributed by atoms with Gasteiger partial charge in [-0.2, -0.15) is 0 Å². The third-order valence-electron chi connectivity index (χ3n) is 5.51. The van der Waals surface area contributed by atoms with Gasteiger partial charge in [0.2, 0.25) is 0 Å². The third-order valence-corrected chi connectivity index (χ3v) is 8.32. The number of hydrogen-bond donors (Lipinski definition) is 1. The number of amidine groups is 1. The highest BCUT2D eigenvalue weighted by molar-refractivity contribution is 8.19. The number of fused-ring (bicyclic) bond motifs is 1. The van der Waals surface area contributed by atoms with E-state index in [4.69, 9.17) is 4.99 Å². The molecule has 2 aliphatic rings. The van der Waals surface area contributed by atoms with Crippen molar-refractivity contribution in [2.24, 2.45) is 4.99 Å². The molecule has 178 valence electrons. The number of anilines is 1. The van der Waals surface area contributed by atoms with Crippen LogP contribution in [0.4, 0.5) is 11.4 Å². The van der Waals surface area contributed by atoms with Crippen LogP contribution in [0.5, 0.6) is 0 Å². The lowest BCUT2D eigenvalue weighted by Gasteiger charge is -2.17. The van der Waals surface area contributed by atoms with Crippen LogP contribution in [0.15, 0.2) is 98.7 Å². The van der Waals surface area contributed by atoms with E-state index in [0.717, 1.165) is 26.7 Å². The molecule has 0 saturated carbocycles. The summed E-state index contributed by atoms with van der Waals surface area (Å²) in [6.45, 7) is 0.573. The molecule has 1 amide bonds. The first-order chi connectivity index (χ1) is 17.0. The molecule has 1 N–H and O–H groups in total. The Labute approximate surface area is 214 Å². The molecule has 0 spiro atoms. The van der Waals surface area contributed by atoms with E-state index >= 15 is 0 Å². The predicted molar refractivity (Wildman–Crippen MR) is 142 cm³/mol. The van der Waals surface area contributed by atoms with Gasteiger partial charge in [0, 0.05) is 29.8 Å². The predicted octanol–water partition coefficient (Wildman–Crippen LogP) is 4.74. The first-order valence-corrected chi connectivity index (χ1v) is 13.5. The van der Waals surface area contributed by atoms with E-state index < -0.39 is 11.3 Å². The Morgan fingerprint density at radius 1 is 0.971 bits per heavy atom. The maximum Gasteiger partial charge on any atom is 0.269 e. The molecule has 1 fully saturated rings. The maximum atomic E-state index is 13.7. The summed E-state index contributed by atoms with van der Waals surface area (Å²) in [4.78, 5) is 24.0. The number of carbonyl (C=O) groups excluding carboxylic acids is 1.